The number of hydrogen-bond donors (Lipinski definition) is 0. The number of carboxylic acid groups (broad SMARTS) is 1. The minimum Gasteiger partial charge on any atom is -0.550 e. The van der Waals surface area contributed by atoms with Gasteiger partial charge in [0.15, 0.2) is 0 Å². The Morgan fingerprint density at radius 2 is 1.47 bits per heavy atom. The van der Waals surface area contributed by atoms with Crippen LogP contribution < -0.4 is 5.11 Å². The maximum atomic E-state index is 9.65. The van der Waals surface area contributed by atoms with E-state index in [2.05, 4.69) is 27.8 Å². The highest BCUT2D eigenvalue weighted by Gasteiger charge is 2.10. The van der Waals surface area contributed by atoms with Crippen molar-refractivity contribution in [2.45, 2.75) is 47.0 Å². The normalized spacial score (nSPS) is 10.5. The number of carbonyl (C=O) groups is 1. The molecule has 0 spiro atoms. The molecule has 0 atom stereocenters. The molecule has 0 fully saturated rings. The van der Waals surface area contributed by atoms with Gasteiger partial charge in [0.2, 0.25) is 0 Å². The summed E-state index contributed by atoms with van der Waals surface area (Å²) in [5, 5.41) is 9.65. The zero-order valence-corrected chi connectivity index (χ0v) is 11.0. The van der Waals surface area contributed by atoms with Gasteiger partial charge in [-0.3, -0.25) is 0 Å². The molecule has 0 bridgehead atoms. The smallest absolute Gasteiger partial charge is 0.0755 e. The second-order valence-corrected chi connectivity index (χ2v) is 4.04. The molecule has 0 unspecified atom stereocenters. The van der Waals surface area contributed by atoms with E-state index < -0.39 is 5.97 Å². The van der Waals surface area contributed by atoms with Crippen LogP contribution in [0, 0.1) is 0 Å². The highest BCUT2D eigenvalue weighted by atomic mass is 16.4. The van der Waals surface area contributed by atoms with Crippen molar-refractivity contribution in [3.05, 3.63) is 0 Å². The first-order valence-corrected chi connectivity index (χ1v) is 5.99. The zero-order valence-electron chi connectivity index (χ0n) is 11.0. The van der Waals surface area contributed by atoms with E-state index in [-0.39, 0.29) is 6.42 Å². The Hall–Kier alpha value is -0.570. The average Bonchev–Trinajstić information content (AvgIpc) is 2.26. The number of aliphatic carboxylic acids is 1. The van der Waals surface area contributed by atoms with Gasteiger partial charge in [0.05, 0.1) is 26.7 Å². The number of unbranched alkanes of at least 4 members (excludes halogenated alkanes) is 1. The van der Waals surface area contributed by atoms with Gasteiger partial charge < -0.3 is 14.4 Å². The molecule has 0 aliphatic rings. The van der Waals surface area contributed by atoms with E-state index in [0.29, 0.717) is 0 Å². The lowest BCUT2D eigenvalue weighted by atomic mass is 10.3. The van der Waals surface area contributed by atoms with Crippen LogP contribution in [-0.2, 0) is 4.79 Å². The summed E-state index contributed by atoms with van der Waals surface area (Å²) < 4.78 is 1.21. The van der Waals surface area contributed by atoms with Gasteiger partial charge in [-0.25, -0.2) is 0 Å². The first kappa shape index (κ1) is 16.8. The lowest BCUT2D eigenvalue weighted by Crippen LogP contribution is -2.42. The summed E-state index contributed by atoms with van der Waals surface area (Å²) in [4.78, 5) is 9.65. The standard InChI is InChI=1S/C7H18N.C5H10O2/c1-5-8(4,6-2)7-3;1-2-3-4-5(6)7/h5-7H2,1-4H3;2-4H2,1H3,(H,6,7)/q+1;/p-1. The number of quaternary nitrogens is 1. The topological polar surface area (TPSA) is 40.1 Å². The van der Waals surface area contributed by atoms with Crippen molar-refractivity contribution in [3.8, 4) is 0 Å². The third kappa shape index (κ3) is 11.4. The Bertz CT molecular complexity index is 145. The van der Waals surface area contributed by atoms with Crippen LogP contribution >= 0.6 is 0 Å². The SMILES string of the molecule is CCCCC(=O)[O-].CC[N+](C)(CC)CC. The Labute approximate surface area is 94.7 Å². The van der Waals surface area contributed by atoms with Crippen LogP contribution in [0.25, 0.3) is 0 Å². The number of carboxylic acids is 1. The van der Waals surface area contributed by atoms with Crippen molar-refractivity contribution in [2.24, 2.45) is 0 Å². The van der Waals surface area contributed by atoms with Crippen LogP contribution in [0.15, 0.2) is 0 Å². The first-order valence-electron chi connectivity index (χ1n) is 5.99. The van der Waals surface area contributed by atoms with Gasteiger partial charge in [0, 0.05) is 5.97 Å². The molecule has 0 radical (unpaired) electrons. The van der Waals surface area contributed by atoms with Crippen molar-refractivity contribution in [1.29, 1.82) is 0 Å². The molecular formula is C12H27NO2. The summed E-state index contributed by atoms with van der Waals surface area (Å²) >= 11 is 0. The largest absolute Gasteiger partial charge is 0.550 e. The summed E-state index contributed by atoms with van der Waals surface area (Å²) in [6.07, 6.45) is 1.87. The van der Waals surface area contributed by atoms with Crippen molar-refractivity contribution >= 4 is 5.97 Å². The number of carbonyl (C=O) groups excluding carboxylic acids is 1. The maximum Gasteiger partial charge on any atom is 0.0755 e. The molecule has 0 heterocycles. The van der Waals surface area contributed by atoms with Gasteiger partial charge >= 0.3 is 0 Å². The molecule has 0 aromatic heterocycles. The molecular weight excluding hydrogens is 190 g/mol. The molecule has 0 rings (SSSR count). The van der Waals surface area contributed by atoms with E-state index in [0.717, 1.165) is 12.8 Å². The third-order valence-electron chi connectivity index (χ3n) is 3.02. The molecule has 0 N–H and O–H groups in total. The van der Waals surface area contributed by atoms with Crippen LogP contribution in [-0.4, -0.2) is 37.1 Å². The maximum absolute atomic E-state index is 9.65. The summed E-state index contributed by atoms with van der Waals surface area (Å²) in [5.41, 5.74) is 0. The molecule has 0 saturated carbocycles. The highest BCUT2D eigenvalue weighted by molar-refractivity contribution is 5.63. The minimum absolute atomic E-state index is 0.205. The zero-order chi connectivity index (χ0) is 12.3. The second-order valence-electron chi connectivity index (χ2n) is 4.04. The minimum atomic E-state index is -0.943. The molecule has 0 aliphatic heterocycles. The number of rotatable bonds is 6. The van der Waals surface area contributed by atoms with Gasteiger partial charge in [-0.1, -0.05) is 13.3 Å². The summed E-state index contributed by atoms with van der Waals surface area (Å²) in [7, 11) is 2.29. The fourth-order valence-corrected chi connectivity index (χ4v) is 0.992. The van der Waals surface area contributed by atoms with E-state index in [1.807, 2.05) is 6.92 Å². The van der Waals surface area contributed by atoms with Crippen LogP contribution in [0.5, 0.6) is 0 Å². The molecule has 92 valence electrons. The van der Waals surface area contributed by atoms with Crippen LogP contribution in [0.4, 0.5) is 0 Å². The summed E-state index contributed by atoms with van der Waals surface area (Å²) in [6, 6.07) is 0. The molecule has 3 nitrogen and oxygen atoms in total. The van der Waals surface area contributed by atoms with E-state index in [4.69, 9.17) is 0 Å². The van der Waals surface area contributed by atoms with E-state index in [1.165, 1.54) is 24.1 Å². The molecule has 15 heavy (non-hydrogen) atoms. The number of nitrogens with zero attached hydrogens (tertiary/aromatic N) is 1. The highest BCUT2D eigenvalue weighted by Crippen LogP contribution is 1.97. The fourth-order valence-electron chi connectivity index (χ4n) is 0.992. The first-order chi connectivity index (χ1) is 6.95. The molecule has 3 heteroatoms. The van der Waals surface area contributed by atoms with Crippen molar-refractivity contribution in [2.75, 3.05) is 26.7 Å². The molecule has 0 saturated heterocycles. The van der Waals surface area contributed by atoms with E-state index >= 15 is 0 Å². The van der Waals surface area contributed by atoms with E-state index in [9.17, 15) is 9.90 Å². The van der Waals surface area contributed by atoms with Gasteiger partial charge in [0.25, 0.3) is 0 Å². The lowest BCUT2D eigenvalue weighted by molar-refractivity contribution is -0.904. The second kappa shape index (κ2) is 9.97. The monoisotopic (exact) mass is 217 g/mol. The van der Waals surface area contributed by atoms with Gasteiger partial charge in [-0.2, -0.15) is 0 Å². The van der Waals surface area contributed by atoms with Crippen LogP contribution in [0.3, 0.4) is 0 Å². The Kier molecular flexibility index (Phi) is 11.2. The fraction of sp³-hybridized carbons (Fsp3) is 0.917. The van der Waals surface area contributed by atoms with Gasteiger partial charge in [-0.05, 0) is 33.6 Å². The average molecular weight is 217 g/mol. The van der Waals surface area contributed by atoms with Crippen molar-refractivity contribution in [3.63, 3.8) is 0 Å². The predicted octanol–water partition coefficient (Wildman–Crippen LogP) is 1.42. The Morgan fingerprint density at radius 3 is 1.53 bits per heavy atom. The van der Waals surface area contributed by atoms with E-state index in [1.54, 1.807) is 0 Å². The Morgan fingerprint density at radius 1 is 1.07 bits per heavy atom. The molecule has 0 aromatic rings. The van der Waals surface area contributed by atoms with Crippen molar-refractivity contribution < 1.29 is 14.4 Å². The lowest BCUT2D eigenvalue weighted by Gasteiger charge is -2.30. The van der Waals surface area contributed by atoms with Crippen LogP contribution in [0.2, 0.25) is 0 Å². The third-order valence-corrected chi connectivity index (χ3v) is 3.02. The van der Waals surface area contributed by atoms with Gasteiger partial charge in [-0.15, -0.1) is 0 Å². The number of hydrogen-bond acceptors (Lipinski definition) is 2. The molecule has 0 aromatic carbocycles. The van der Waals surface area contributed by atoms with Gasteiger partial charge in [0.1, 0.15) is 0 Å². The Balaban J connectivity index is 0. The quantitative estimate of drug-likeness (QED) is 0.631. The predicted molar refractivity (Wildman–Crippen MR) is 62.3 cm³/mol. The van der Waals surface area contributed by atoms with Crippen molar-refractivity contribution in [1.82, 2.24) is 0 Å². The summed E-state index contributed by atoms with van der Waals surface area (Å²) in [6.45, 7) is 12.4. The molecule has 0 aliphatic carbocycles. The molecule has 0 amide bonds. The summed E-state index contributed by atoms with van der Waals surface area (Å²) in [5.74, 6) is -0.943. The van der Waals surface area contributed by atoms with Crippen LogP contribution in [0.1, 0.15) is 47.0 Å².